The van der Waals surface area contributed by atoms with E-state index < -0.39 is 15.9 Å². The minimum atomic E-state index is -3.53. The molecule has 1 amide bonds. The summed E-state index contributed by atoms with van der Waals surface area (Å²) in [4.78, 5) is 16.9. The first-order chi connectivity index (χ1) is 13.8. The molecule has 3 aromatic rings. The first kappa shape index (κ1) is 20.5. The van der Waals surface area contributed by atoms with Gasteiger partial charge < -0.3 is 14.6 Å². The van der Waals surface area contributed by atoms with E-state index in [4.69, 9.17) is 9.26 Å². The third-order valence-electron chi connectivity index (χ3n) is 3.95. The Labute approximate surface area is 168 Å². The molecule has 152 valence electrons. The van der Waals surface area contributed by atoms with E-state index in [1.54, 1.807) is 31.2 Å². The predicted molar refractivity (Wildman–Crippen MR) is 105 cm³/mol. The number of aryl methyl sites for hydroxylation is 1. The van der Waals surface area contributed by atoms with Gasteiger partial charge in [0.1, 0.15) is 5.75 Å². The summed E-state index contributed by atoms with van der Waals surface area (Å²) in [6, 6.07) is 12.7. The van der Waals surface area contributed by atoms with Gasteiger partial charge in [0.2, 0.25) is 21.7 Å². The van der Waals surface area contributed by atoms with Gasteiger partial charge in [0, 0.05) is 26.7 Å². The molecule has 9 nitrogen and oxygen atoms in total. The fourth-order valence-electron chi connectivity index (χ4n) is 2.44. The molecule has 1 heterocycles. The molecule has 0 saturated carbocycles. The number of sulfonamides is 1. The number of para-hydroxylation sites is 1. The number of benzene rings is 2. The summed E-state index contributed by atoms with van der Waals surface area (Å²) in [5.41, 5.74) is 0.772. The number of carbonyl (C=O) groups is 1. The number of rotatable bonds is 7. The van der Waals surface area contributed by atoms with Crippen LogP contribution in [0, 0.1) is 6.92 Å². The van der Waals surface area contributed by atoms with Crippen LogP contribution in [-0.2, 0) is 16.6 Å². The Balaban J connectivity index is 1.72. The first-order valence-electron chi connectivity index (χ1n) is 8.62. The summed E-state index contributed by atoms with van der Waals surface area (Å²) in [5, 5.41) is 6.48. The van der Waals surface area contributed by atoms with E-state index in [0.29, 0.717) is 28.7 Å². The van der Waals surface area contributed by atoms with Gasteiger partial charge in [-0.15, -0.1) is 0 Å². The van der Waals surface area contributed by atoms with Crippen molar-refractivity contribution in [3.63, 3.8) is 0 Å². The molecule has 29 heavy (non-hydrogen) atoms. The van der Waals surface area contributed by atoms with Crippen LogP contribution in [0.3, 0.4) is 0 Å². The minimum absolute atomic E-state index is 0.0543. The standard InChI is InChI=1S/C19H20N4O5S/c1-13-20-18(22-28-13)12-27-17-7-5-4-6-16(17)19(24)21-14-8-10-15(11-9-14)29(25,26)23(2)3/h4-11H,12H2,1-3H3,(H,21,24). The number of anilines is 1. The Morgan fingerprint density at radius 2 is 1.83 bits per heavy atom. The lowest BCUT2D eigenvalue weighted by molar-refractivity contribution is 0.102. The fraction of sp³-hybridized carbons (Fsp3) is 0.211. The van der Waals surface area contributed by atoms with E-state index in [-0.39, 0.29) is 11.5 Å². The zero-order valence-corrected chi connectivity index (χ0v) is 16.9. The topological polar surface area (TPSA) is 115 Å². The Hall–Kier alpha value is -3.24. The number of carbonyl (C=O) groups excluding carboxylic acids is 1. The molecule has 1 N–H and O–H groups in total. The third-order valence-corrected chi connectivity index (χ3v) is 5.78. The molecule has 0 spiro atoms. The molecule has 0 radical (unpaired) electrons. The number of aromatic nitrogens is 2. The molecule has 0 atom stereocenters. The molecule has 3 rings (SSSR count). The normalized spacial score (nSPS) is 11.4. The van der Waals surface area contributed by atoms with E-state index in [0.717, 1.165) is 4.31 Å². The van der Waals surface area contributed by atoms with Gasteiger partial charge in [-0.1, -0.05) is 17.3 Å². The molecule has 0 fully saturated rings. The molecular weight excluding hydrogens is 396 g/mol. The van der Waals surface area contributed by atoms with Crippen molar-refractivity contribution in [2.75, 3.05) is 19.4 Å². The highest BCUT2D eigenvalue weighted by Crippen LogP contribution is 2.22. The maximum Gasteiger partial charge on any atom is 0.259 e. The SMILES string of the molecule is Cc1nc(COc2ccccc2C(=O)Nc2ccc(S(=O)(=O)N(C)C)cc2)no1. The van der Waals surface area contributed by atoms with E-state index in [9.17, 15) is 13.2 Å². The van der Waals surface area contributed by atoms with E-state index in [2.05, 4.69) is 15.5 Å². The summed E-state index contributed by atoms with van der Waals surface area (Å²) in [6.45, 7) is 1.73. The highest BCUT2D eigenvalue weighted by molar-refractivity contribution is 7.89. The van der Waals surface area contributed by atoms with Crippen LogP contribution < -0.4 is 10.1 Å². The van der Waals surface area contributed by atoms with Crippen molar-refractivity contribution in [3.8, 4) is 5.75 Å². The predicted octanol–water partition coefficient (Wildman–Crippen LogP) is 2.46. The average molecular weight is 416 g/mol. The largest absolute Gasteiger partial charge is 0.485 e. The Morgan fingerprint density at radius 1 is 1.14 bits per heavy atom. The second-order valence-corrected chi connectivity index (χ2v) is 8.43. The average Bonchev–Trinajstić information content (AvgIpc) is 3.12. The molecule has 0 aliphatic rings. The van der Waals surface area contributed by atoms with Crippen LogP contribution >= 0.6 is 0 Å². The molecule has 0 saturated heterocycles. The van der Waals surface area contributed by atoms with Crippen LogP contribution in [0.4, 0.5) is 5.69 Å². The van der Waals surface area contributed by atoms with Crippen molar-refractivity contribution in [1.82, 2.24) is 14.4 Å². The van der Waals surface area contributed by atoms with Crippen molar-refractivity contribution >= 4 is 21.6 Å². The van der Waals surface area contributed by atoms with Gasteiger partial charge in [-0.3, -0.25) is 4.79 Å². The molecule has 0 aliphatic heterocycles. The summed E-state index contributed by atoms with van der Waals surface area (Å²) in [6.07, 6.45) is 0. The highest BCUT2D eigenvalue weighted by atomic mass is 32.2. The summed E-state index contributed by atoms with van der Waals surface area (Å²) >= 11 is 0. The van der Waals surface area contributed by atoms with Gasteiger partial charge in [0.25, 0.3) is 5.91 Å². The number of amides is 1. The Morgan fingerprint density at radius 3 is 2.45 bits per heavy atom. The van der Waals surface area contributed by atoms with Crippen molar-refractivity contribution in [2.24, 2.45) is 0 Å². The van der Waals surface area contributed by atoms with Gasteiger partial charge >= 0.3 is 0 Å². The third kappa shape index (κ3) is 4.79. The van der Waals surface area contributed by atoms with Crippen LogP contribution in [0.1, 0.15) is 22.1 Å². The van der Waals surface area contributed by atoms with Crippen LogP contribution in [0.2, 0.25) is 0 Å². The van der Waals surface area contributed by atoms with Gasteiger partial charge in [-0.05, 0) is 36.4 Å². The number of nitrogens with zero attached hydrogens (tertiary/aromatic N) is 3. The van der Waals surface area contributed by atoms with E-state index >= 15 is 0 Å². The van der Waals surface area contributed by atoms with Crippen molar-refractivity contribution in [1.29, 1.82) is 0 Å². The van der Waals surface area contributed by atoms with Gasteiger partial charge in [0.15, 0.2) is 6.61 Å². The minimum Gasteiger partial charge on any atom is -0.485 e. The second kappa shape index (κ2) is 8.41. The maximum absolute atomic E-state index is 12.7. The summed E-state index contributed by atoms with van der Waals surface area (Å²) < 4.78 is 35.9. The van der Waals surface area contributed by atoms with Crippen LogP contribution in [0.15, 0.2) is 57.9 Å². The number of hydrogen-bond acceptors (Lipinski definition) is 7. The highest BCUT2D eigenvalue weighted by Gasteiger charge is 2.18. The monoisotopic (exact) mass is 416 g/mol. The summed E-state index contributed by atoms with van der Waals surface area (Å²) in [5.74, 6) is 0.761. The van der Waals surface area contributed by atoms with Crippen LogP contribution in [0.25, 0.3) is 0 Å². The lowest BCUT2D eigenvalue weighted by atomic mass is 10.2. The fourth-order valence-corrected chi connectivity index (χ4v) is 3.34. The van der Waals surface area contributed by atoms with E-state index in [1.165, 1.54) is 38.4 Å². The lowest BCUT2D eigenvalue weighted by Crippen LogP contribution is -2.22. The van der Waals surface area contributed by atoms with Crippen LogP contribution in [-0.4, -0.2) is 42.9 Å². The Bertz CT molecular complexity index is 1110. The zero-order chi connectivity index (χ0) is 21.0. The number of hydrogen-bond donors (Lipinski definition) is 1. The first-order valence-corrected chi connectivity index (χ1v) is 10.1. The second-order valence-electron chi connectivity index (χ2n) is 6.28. The molecule has 0 aliphatic carbocycles. The number of nitrogens with one attached hydrogen (secondary N) is 1. The molecule has 1 aromatic heterocycles. The van der Waals surface area contributed by atoms with Gasteiger partial charge in [-0.25, -0.2) is 12.7 Å². The molecule has 2 aromatic carbocycles. The maximum atomic E-state index is 12.7. The van der Waals surface area contributed by atoms with Crippen molar-refractivity contribution < 1.29 is 22.5 Å². The Kier molecular flexibility index (Phi) is 5.95. The summed E-state index contributed by atoms with van der Waals surface area (Å²) in [7, 11) is -0.619. The quantitative estimate of drug-likeness (QED) is 0.629. The molecular formula is C19H20N4O5S. The van der Waals surface area contributed by atoms with Crippen LogP contribution in [0.5, 0.6) is 5.75 Å². The zero-order valence-electron chi connectivity index (χ0n) is 16.1. The lowest BCUT2D eigenvalue weighted by Gasteiger charge is -2.13. The van der Waals surface area contributed by atoms with E-state index in [1.807, 2.05) is 0 Å². The van der Waals surface area contributed by atoms with Gasteiger partial charge in [0.05, 0.1) is 10.5 Å². The van der Waals surface area contributed by atoms with Gasteiger partial charge in [-0.2, -0.15) is 4.98 Å². The molecule has 10 heteroatoms. The van der Waals surface area contributed by atoms with Crippen molar-refractivity contribution in [3.05, 3.63) is 65.8 Å². The molecule has 0 unspecified atom stereocenters. The number of ether oxygens (including phenoxy) is 1. The van der Waals surface area contributed by atoms with Crippen molar-refractivity contribution in [2.45, 2.75) is 18.4 Å². The molecule has 0 bridgehead atoms. The smallest absolute Gasteiger partial charge is 0.259 e.